The van der Waals surface area contributed by atoms with Gasteiger partial charge < -0.3 is 0 Å². The summed E-state index contributed by atoms with van der Waals surface area (Å²) in [7, 11) is 0. The number of halogens is 1. The van der Waals surface area contributed by atoms with Crippen LogP contribution in [-0.2, 0) is 0 Å². The van der Waals surface area contributed by atoms with Gasteiger partial charge in [-0.05, 0) is 0 Å². The number of benzene rings is 2. The molecule has 1 nitrogen and oxygen atoms in total. The Balaban J connectivity index is 2.15. The molecule has 0 N–H and O–H groups in total. The molecule has 1 aromatic heterocycles. The second-order valence-corrected chi connectivity index (χ2v) is 18.5. The Bertz CT molecular complexity index is 956. The van der Waals surface area contributed by atoms with Gasteiger partial charge in [0, 0.05) is 0 Å². The van der Waals surface area contributed by atoms with E-state index in [1.807, 2.05) is 62.5 Å². The molecule has 0 aliphatic rings. The first-order valence-electron chi connectivity index (χ1n) is 9.44. The molecule has 0 aliphatic heterocycles. The van der Waals surface area contributed by atoms with E-state index in [0.29, 0.717) is 5.56 Å². The maximum atomic E-state index is 14.4. The quantitative estimate of drug-likeness (QED) is 0.466. The van der Waals surface area contributed by atoms with Gasteiger partial charge in [0.2, 0.25) is 0 Å². The van der Waals surface area contributed by atoms with Crippen molar-refractivity contribution in [3.63, 3.8) is 0 Å². The van der Waals surface area contributed by atoms with E-state index in [1.165, 1.54) is 10.5 Å². The van der Waals surface area contributed by atoms with E-state index in [-0.39, 0.29) is 5.82 Å². The van der Waals surface area contributed by atoms with Gasteiger partial charge in [0.25, 0.3) is 0 Å². The van der Waals surface area contributed by atoms with Crippen LogP contribution in [0.3, 0.4) is 0 Å². The molecule has 134 valence electrons. The fraction of sp³-hybridized carbons (Fsp3) is 0.261. The van der Waals surface area contributed by atoms with E-state index in [2.05, 4.69) is 17.3 Å². The Kier molecular flexibility index (Phi) is 4.94. The summed E-state index contributed by atoms with van der Waals surface area (Å²) in [6, 6.07) is 16.7. The summed E-state index contributed by atoms with van der Waals surface area (Å²) in [5.41, 5.74) is 4.11. The second kappa shape index (κ2) is 7.36. The van der Waals surface area contributed by atoms with Crippen molar-refractivity contribution in [1.82, 2.24) is 4.98 Å². The fourth-order valence-corrected chi connectivity index (χ4v) is 6.47. The fourth-order valence-electron chi connectivity index (χ4n) is 3.15. The van der Waals surface area contributed by atoms with Crippen molar-refractivity contribution >= 4 is 17.7 Å². The zero-order valence-corrected chi connectivity index (χ0v) is 18.2. The van der Waals surface area contributed by atoms with Crippen LogP contribution in [0.25, 0.3) is 22.4 Å². The molecule has 0 spiro atoms. The van der Waals surface area contributed by atoms with Crippen molar-refractivity contribution in [3.05, 3.63) is 72.2 Å². The summed E-state index contributed by atoms with van der Waals surface area (Å²) < 4.78 is 24.3. The number of nitrogens with zero attached hydrogens (tertiary/aromatic N) is 1. The van der Waals surface area contributed by atoms with Crippen molar-refractivity contribution in [2.75, 3.05) is 0 Å². The molecule has 0 atom stereocenters. The summed E-state index contributed by atoms with van der Waals surface area (Å²) in [6.07, 6.45) is 1.95. The van der Waals surface area contributed by atoms with Crippen LogP contribution in [0.1, 0.15) is 26.7 Å². The van der Waals surface area contributed by atoms with Crippen LogP contribution in [0, 0.1) is 5.82 Å². The molecule has 0 bridgehead atoms. The van der Waals surface area contributed by atoms with Crippen molar-refractivity contribution in [2.45, 2.75) is 37.0 Å². The molecule has 3 rings (SSSR count). The van der Waals surface area contributed by atoms with Crippen LogP contribution in [0.15, 0.2) is 60.8 Å². The van der Waals surface area contributed by atoms with Gasteiger partial charge >= 0.3 is 160 Å². The summed E-state index contributed by atoms with van der Waals surface area (Å²) in [5, 5.41) is 0. The Labute approximate surface area is 160 Å². The number of rotatable bonds is 4. The predicted octanol–water partition coefficient (Wildman–Crippen LogP) is 6.22. The number of hydrogen-bond donors (Lipinski definition) is 0. The van der Waals surface area contributed by atoms with Crippen molar-refractivity contribution in [2.24, 2.45) is 0 Å². The second-order valence-electron chi connectivity index (χ2n) is 7.93. The summed E-state index contributed by atoms with van der Waals surface area (Å²) >= 11 is -2.16. The minimum absolute atomic E-state index is 0.243. The van der Waals surface area contributed by atoms with Gasteiger partial charge in [-0.1, -0.05) is 0 Å². The van der Waals surface area contributed by atoms with E-state index < -0.39 is 19.2 Å². The van der Waals surface area contributed by atoms with Crippen LogP contribution in [0.2, 0.25) is 17.3 Å². The molecule has 0 saturated carbocycles. The molecule has 0 saturated heterocycles. The maximum absolute atomic E-state index is 14.4. The van der Waals surface area contributed by atoms with E-state index in [4.69, 9.17) is 6.35 Å². The summed E-state index contributed by atoms with van der Waals surface area (Å²) in [4.78, 5) is 4.70. The Hall–Kier alpha value is -1.94. The summed E-state index contributed by atoms with van der Waals surface area (Å²) in [6.45, 7) is 3.84. The Morgan fingerprint density at radius 1 is 0.962 bits per heavy atom. The average Bonchev–Trinajstić information content (AvgIpc) is 2.61. The summed E-state index contributed by atoms with van der Waals surface area (Å²) in [5.74, 6) is 6.01. The Morgan fingerprint density at radius 3 is 2.27 bits per heavy atom. The van der Waals surface area contributed by atoms with Crippen molar-refractivity contribution in [1.29, 1.82) is 0 Å². The monoisotopic (exact) mass is 410 g/mol. The molecule has 3 aromatic rings. The first kappa shape index (κ1) is 17.5. The third-order valence-electron chi connectivity index (χ3n) is 4.60. The van der Waals surface area contributed by atoms with Gasteiger partial charge in [-0.15, -0.1) is 0 Å². The normalized spacial score (nSPS) is 12.8. The average molecular weight is 409 g/mol. The first-order valence-corrected chi connectivity index (χ1v) is 16.3. The zero-order valence-electron chi connectivity index (χ0n) is 17.1. The van der Waals surface area contributed by atoms with Crippen LogP contribution >= 0.6 is 0 Å². The van der Waals surface area contributed by atoms with Crippen molar-refractivity contribution in [3.8, 4) is 22.4 Å². The number of hydrogen-bond acceptors (Lipinski definition) is 1. The Morgan fingerprint density at radius 2 is 1.65 bits per heavy atom. The molecular formula is C23H26FGeN. The number of pyridine rings is 1. The van der Waals surface area contributed by atoms with Gasteiger partial charge in [-0.3, -0.25) is 0 Å². The minimum atomic E-state index is -2.16. The molecule has 0 amide bonds. The van der Waals surface area contributed by atoms with Gasteiger partial charge in [0.05, 0.1) is 0 Å². The van der Waals surface area contributed by atoms with E-state index >= 15 is 0 Å². The van der Waals surface area contributed by atoms with Gasteiger partial charge in [-0.25, -0.2) is 0 Å². The molecule has 2 aromatic carbocycles. The number of aromatic nitrogens is 1. The van der Waals surface area contributed by atoms with Crippen molar-refractivity contribution < 1.29 is 5.76 Å². The molecule has 0 fully saturated rings. The molecular weight excluding hydrogens is 382 g/mol. The van der Waals surface area contributed by atoms with Gasteiger partial charge in [0.1, 0.15) is 0 Å². The molecule has 1 heterocycles. The molecule has 0 aliphatic carbocycles. The third kappa shape index (κ3) is 3.91. The molecule has 0 unspecified atom stereocenters. The molecule has 26 heavy (non-hydrogen) atoms. The SMILES string of the molecule is [2H]C(C)(C)c1cc(-c2ccc(F)c(-c3ccccc3)c2)nc[c]1[Ge]([CH3])([CH3])[CH3]. The topological polar surface area (TPSA) is 12.9 Å². The van der Waals surface area contributed by atoms with Gasteiger partial charge in [0.15, 0.2) is 0 Å². The third-order valence-corrected chi connectivity index (χ3v) is 8.82. The van der Waals surface area contributed by atoms with E-state index in [9.17, 15) is 4.39 Å². The van der Waals surface area contributed by atoms with Gasteiger partial charge in [-0.2, -0.15) is 0 Å². The van der Waals surface area contributed by atoms with Crippen LogP contribution < -0.4 is 4.40 Å². The van der Waals surface area contributed by atoms with E-state index in [0.717, 1.165) is 22.4 Å². The van der Waals surface area contributed by atoms with Crippen LogP contribution in [-0.4, -0.2) is 18.3 Å². The molecule has 0 radical (unpaired) electrons. The van der Waals surface area contributed by atoms with E-state index in [1.54, 1.807) is 6.07 Å². The standard InChI is InChI=1S/C23H26FGeN/c1-16(2)19-14-23(26-15-22(19)25(3,4)5)18-11-12-21(24)20(13-18)17-9-7-6-8-10-17/h6-16H,1-5H3/i16D. The first-order chi connectivity index (χ1) is 12.6. The molecule has 3 heteroatoms. The predicted molar refractivity (Wildman–Crippen MR) is 112 cm³/mol. The van der Waals surface area contributed by atoms with Crippen LogP contribution in [0.5, 0.6) is 0 Å². The zero-order chi connectivity index (χ0) is 19.8. The van der Waals surface area contributed by atoms with Crippen LogP contribution in [0.4, 0.5) is 4.39 Å².